The van der Waals surface area contributed by atoms with Crippen molar-refractivity contribution in [3.63, 3.8) is 0 Å². The van der Waals surface area contributed by atoms with Crippen molar-refractivity contribution in [1.82, 2.24) is 0 Å². The van der Waals surface area contributed by atoms with Gasteiger partial charge in [0.15, 0.2) is 0 Å². The molecule has 0 fully saturated rings. The summed E-state index contributed by atoms with van der Waals surface area (Å²) >= 11 is 6.01. The first-order valence-corrected chi connectivity index (χ1v) is 10.2. The number of nitro benzene ring substituents is 1. The molecular formula is C17H18ClN3O5S. The van der Waals surface area contributed by atoms with Crippen molar-refractivity contribution in [3.05, 3.63) is 63.7 Å². The second-order valence-corrected chi connectivity index (χ2v) is 8.00. The van der Waals surface area contributed by atoms with Crippen molar-refractivity contribution in [2.45, 2.75) is 19.4 Å². The van der Waals surface area contributed by atoms with Crippen LogP contribution in [-0.2, 0) is 14.8 Å². The molecule has 0 aliphatic rings. The van der Waals surface area contributed by atoms with Gasteiger partial charge in [0.25, 0.3) is 5.69 Å². The summed E-state index contributed by atoms with van der Waals surface area (Å²) in [5.74, 6) is -0.644. The molecule has 1 amide bonds. The van der Waals surface area contributed by atoms with E-state index < -0.39 is 26.9 Å². The molecule has 0 saturated carbocycles. The number of halogens is 1. The molecule has 0 bridgehead atoms. The Bertz CT molecular complexity index is 950. The smallest absolute Gasteiger partial charge is 0.271 e. The monoisotopic (exact) mass is 411 g/mol. The predicted molar refractivity (Wildman–Crippen MR) is 105 cm³/mol. The van der Waals surface area contributed by atoms with E-state index in [2.05, 4.69) is 5.32 Å². The minimum absolute atomic E-state index is 0.0378. The van der Waals surface area contributed by atoms with E-state index in [0.29, 0.717) is 5.69 Å². The zero-order valence-corrected chi connectivity index (χ0v) is 16.2. The molecule has 2 rings (SSSR count). The Morgan fingerprint density at radius 1 is 1.26 bits per heavy atom. The molecule has 2 aromatic rings. The third-order valence-corrected chi connectivity index (χ3v) is 5.27. The van der Waals surface area contributed by atoms with Crippen LogP contribution in [0.2, 0.25) is 5.02 Å². The van der Waals surface area contributed by atoms with Gasteiger partial charge >= 0.3 is 0 Å². The van der Waals surface area contributed by atoms with E-state index in [0.717, 1.165) is 16.6 Å². The fourth-order valence-corrected chi connectivity index (χ4v) is 3.95. The van der Waals surface area contributed by atoms with Crippen molar-refractivity contribution in [1.29, 1.82) is 0 Å². The molecule has 8 nitrogen and oxygen atoms in total. The molecule has 0 spiro atoms. The molecule has 27 heavy (non-hydrogen) atoms. The number of rotatable bonds is 7. The van der Waals surface area contributed by atoms with Crippen LogP contribution >= 0.6 is 11.6 Å². The largest absolute Gasteiger partial charge is 0.323 e. The highest BCUT2D eigenvalue weighted by molar-refractivity contribution is 7.92. The van der Waals surface area contributed by atoms with Gasteiger partial charge in [-0.3, -0.25) is 19.2 Å². The second-order valence-electron chi connectivity index (χ2n) is 5.73. The van der Waals surface area contributed by atoms with Gasteiger partial charge in [-0.25, -0.2) is 8.42 Å². The number of nitrogens with one attached hydrogen (secondary N) is 1. The summed E-state index contributed by atoms with van der Waals surface area (Å²) in [7, 11) is -3.77. The average Bonchev–Trinajstić information content (AvgIpc) is 2.60. The van der Waals surface area contributed by atoms with Gasteiger partial charge in [0.05, 0.1) is 27.6 Å². The number of hydrogen-bond acceptors (Lipinski definition) is 5. The number of nitrogens with zero attached hydrogens (tertiary/aromatic N) is 2. The number of benzene rings is 2. The van der Waals surface area contributed by atoms with Crippen LogP contribution in [0.25, 0.3) is 0 Å². The lowest BCUT2D eigenvalue weighted by Crippen LogP contribution is -2.47. The normalized spacial score (nSPS) is 12.3. The Morgan fingerprint density at radius 2 is 1.89 bits per heavy atom. The van der Waals surface area contributed by atoms with Gasteiger partial charge in [-0.1, -0.05) is 36.7 Å². The van der Waals surface area contributed by atoms with Gasteiger partial charge < -0.3 is 5.32 Å². The zero-order valence-electron chi connectivity index (χ0n) is 14.6. The number of para-hydroxylation sites is 1. The van der Waals surface area contributed by atoms with Gasteiger partial charge in [-0.05, 0) is 24.6 Å². The summed E-state index contributed by atoms with van der Waals surface area (Å²) in [5.41, 5.74) is 0.133. The average molecular weight is 412 g/mol. The number of anilines is 2. The summed E-state index contributed by atoms with van der Waals surface area (Å²) in [5, 5.41) is 13.5. The molecule has 0 aromatic heterocycles. The van der Waals surface area contributed by atoms with Crippen LogP contribution in [0.1, 0.15) is 13.3 Å². The van der Waals surface area contributed by atoms with Crippen LogP contribution in [0.3, 0.4) is 0 Å². The van der Waals surface area contributed by atoms with Crippen molar-refractivity contribution in [3.8, 4) is 0 Å². The van der Waals surface area contributed by atoms with Crippen LogP contribution in [0.4, 0.5) is 17.1 Å². The maximum absolute atomic E-state index is 12.8. The van der Waals surface area contributed by atoms with E-state index in [-0.39, 0.29) is 22.8 Å². The summed E-state index contributed by atoms with van der Waals surface area (Å²) in [6.45, 7) is 1.67. The Morgan fingerprint density at radius 3 is 2.41 bits per heavy atom. The molecule has 0 radical (unpaired) electrons. The standard InChI is InChI=1S/C17H18ClN3O5S/c1-3-16(20(27(2,25)26)12-7-5-4-6-8-12)17(22)19-15-11-13(21(23)24)9-10-14(15)18/h4-11,16H,3H2,1-2H3,(H,19,22)/t16-/m1/s1. The second kappa shape index (κ2) is 8.36. The van der Waals surface area contributed by atoms with Gasteiger partial charge in [-0.2, -0.15) is 0 Å². The fourth-order valence-electron chi connectivity index (χ4n) is 2.57. The molecule has 0 unspecified atom stereocenters. The van der Waals surface area contributed by atoms with E-state index in [1.165, 1.54) is 12.1 Å². The zero-order chi connectivity index (χ0) is 20.2. The van der Waals surface area contributed by atoms with Crippen molar-refractivity contribution < 1.29 is 18.1 Å². The van der Waals surface area contributed by atoms with E-state index >= 15 is 0 Å². The topological polar surface area (TPSA) is 110 Å². The SMILES string of the molecule is CC[C@H](C(=O)Nc1cc([N+](=O)[O-])ccc1Cl)N(c1ccccc1)S(C)(=O)=O. The number of sulfonamides is 1. The molecule has 0 aliphatic heterocycles. The van der Waals surface area contributed by atoms with Gasteiger partial charge in [0.1, 0.15) is 6.04 Å². The maximum Gasteiger partial charge on any atom is 0.271 e. The van der Waals surface area contributed by atoms with Gasteiger partial charge in [0, 0.05) is 12.1 Å². The maximum atomic E-state index is 12.8. The summed E-state index contributed by atoms with van der Waals surface area (Å²) in [6, 6.07) is 10.8. The Kier molecular flexibility index (Phi) is 6.40. The summed E-state index contributed by atoms with van der Waals surface area (Å²) in [4.78, 5) is 23.1. The van der Waals surface area contributed by atoms with E-state index in [1.54, 1.807) is 37.3 Å². The van der Waals surface area contributed by atoms with Crippen LogP contribution < -0.4 is 9.62 Å². The Balaban J connectivity index is 2.40. The molecule has 0 saturated heterocycles. The minimum Gasteiger partial charge on any atom is -0.323 e. The first-order valence-electron chi connectivity index (χ1n) is 7.94. The lowest BCUT2D eigenvalue weighted by Gasteiger charge is -2.30. The quantitative estimate of drug-likeness (QED) is 0.554. The number of carbonyl (C=O) groups excluding carboxylic acids is 1. The number of non-ortho nitro benzene ring substituents is 1. The van der Waals surface area contributed by atoms with E-state index in [1.807, 2.05) is 0 Å². The highest BCUT2D eigenvalue weighted by atomic mass is 35.5. The molecule has 10 heteroatoms. The molecular weight excluding hydrogens is 394 g/mol. The Labute approximate surface area is 162 Å². The highest BCUT2D eigenvalue weighted by Crippen LogP contribution is 2.28. The molecule has 0 aliphatic carbocycles. The molecule has 1 atom stereocenters. The fraction of sp³-hybridized carbons (Fsp3) is 0.235. The third-order valence-electron chi connectivity index (χ3n) is 3.76. The lowest BCUT2D eigenvalue weighted by atomic mass is 10.1. The number of amides is 1. The number of carbonyl (C=O) groups is 1. The summed E-state index contributed by atoms with van der Waals surface area (Å²) < 4.78 is 25.7. The Hall–Kier alpha value is -2.65. The molecule has 144 valence electrons. The van der Waals surface area contributed by atoms with Crippen molar-refractivity contribution in [2.75, 3.05) is 15.9 Å². The number of nitro groups is 1. The highest BCUT2D eigenvalue weighted by Gasteiger charge is 2.31. The van der Waals surface area contributed by atoms with Crippen LogP contribution in [0.15, 0.2) is 48.5 Å². The van der Waals surface area contributed by atoms with Gasteiger partial charge in [0.2, 0.25) is 15.9 Å². The first-order chi connectivity index (χ1) is 12.6. The van der Waals surface area contributed by atoms with Crippen LogP contribution in [0.5, 0.6) is 0 Å². The molecule has 1 N–H and O–H groups in total. The third kappa shape index (κ3) is 4.95. The van der Waals surface area contributed by atoms with E-state index in [4.69, 9.17) is 11.6 Å². The molecule has 0 heterocycles. The van der Waals surface area contributed by atoms with Crippen molar-refractivity contribution >= 4 is 44.6 Å². The van der Waals surface area contributed by atoms with Gasteiger partial charge in [-0.15, -0.1) is 0 Å². The lowest BCUT2D eigenvalue weighted by molar-refractivity contribution is -0.384. The minimum atomic E-state index is -3.77. The first kappa shape index (κ1) is 20.7. The van der Waals surface area contributed by atoms with Crippen LogP contribution in [0, 0.1) is 10.1 Å². The van der Waals surface area contributed by atoms with E-state index in [9.17, 15) is 23.3 Å². The number of hydrogen-bond donors (Lipinski definition) is 1. The predicted octanol–water partition coefficient (Wildman–Crippen LogP) is 3.43. The molecule has 2 aromatic carbocycles. The van der Waals surface area contributed by atoms with Crippen molar-refractivity contribution in [2.24, 2.45) is 0 Å². The van der Waals surface area contributed by atoms with Crippen LogP contribution in [-0.4, -0.2) is 31.5 Å². The summed E-state index contributed by atoms with van der Waals surface area (Å²) in [6.07, 6.45) is 1.19.